The van der Waals surface area contributed by atoms with Gasteiger partial charge in [0.05, 0.1) is 6.54 Å². The minimum atomic E-state index is -0.693. The summed E-state index contributed by atoms with van der Waals surface area (Å²) in [7, 11) is 0. The van der Waals surface area contributed by atoms with Crippen molar-refractivity contribution < 1.29 is 9.90 Å². The van der Waals surface area contributed by atoms with E-state index in [1.807, 2.05) is 0 Å². The number of carboxylic acids is 1. The molecule has 0 bridgehead atoms. The standard InChI is InChI=1S/C14H26N2O2/c1-12-5-2-3-8-16(12)10-13-6-4-7-15(9-13)11-14(17)18/h12-13H,2-11H2,1H3,(H,17,18). The zero-order valence-corrected chi connectivity index (χ0v) is 11.5. The van der Waals surface area contributed by atoms with E-state index in [0.29, 0.717) is 12.0 Å². The van der Waals surface area contributed by atoms with Gasteiger partial charge in [0.15, 0.2) is 0 Å². The molecule has 2 saturated heterocycles. The second-order valence-corrected chi connectivity index (χ2v) is 5.98. The summed E-state index contributed by atoms with van der Waals surface area (Å²) in [6.45, 7) is 6.87. The molecule has 104 valence electrons. The second kappa shape index (κ2) is 6.53. The van der Waals surface area contributed by atoms with Crippen molar-refractivity contribution in [1.82, 2.24) is 9.80 Å². The number of likely N-dealkylation sites (tertiary alicyclic amines) is 2. The number of piperidine rings is 2. The summed E-state index contributed by atoms with van der Waals surface area (Å²) in [5.41, 5.74) is 0. The minimum Gasteiger partial charge on any atom is -0.480 e. The first kappa shape index (κ1) is 13.8. The van der Waals surface area contributed by atoms with E-state index in [1.165, 1.54) is 32.2 Å². The highest BCUT2D eigenvalue weighted by Crippen LogP contribution is 2.22. The van der Waals surface area contributed by atoms with Gasteiger partial charge in [0.25, 0.3) is 0 Å². The van der Waals surface area contributed by atoms with E-state index in [9.17, 15) is 4.79 Å². The molecule has 2 unspecified atom stereocenters. The molecule has 2 heterocycles. The maximum Gasteiger partial charge on any atom is 0.317 e. The predicted octanol–water partition coefficient (Wildman–Crippen LogP) is 1.66. The van der Waals surface area contributed by atoms with E-state index in [-0.39, 0.29) is 6.54 Å². The van der Waals surface area contributed by atoms with Gasteiger partial charge in [-0.25, -0.2) is 0 Å². The third kappa shape index (κ3) is 3.95. The van der Waals surface area contributed by atoms with Gasteiger partial charge in [0, 0.05) is 19.1 Å². The smallest absolute Gasteiger partial charge is 0.317 e. The molecular weight excluding hydrogens is 228 g/mol. The van der Waals surface area contributed by atoms with Crippen molar-refractivity contribution in [2.75, 3.05) is 32.7 Å². The van der Waals surface area contributed by atoms with Crippen LogP contribution in [0.4, 0.5) is 0 Å². The summed E-state index contributed by atoms with van der Waals surface area (Å²) in [4.78, 5) is 15.5. The van der Waals surface area contributed by atoms with Crippen LogP contribution in [-0.4, -0.2) is 59.6 Å². The second-order valence-electron chi connectivity index (χ2n) is 5.98. The molecule has 4 heteroatoms. The lowest BCUT2D eigenvalue weighted by Gasteiger charge is -2.39. The number of carbonyl (C=O) groups is 1. The largest absolute Gasteiger partial charge is 0.480 e. The molecule has 2 rings (SSSR count). The molecule has 0 aromatic heterocycles. The first-order valence-corrected chi connectivity index (χ1v) is 7.33. The lowest BCUT2D eigenvalue weighted by atomic mass is 9.95. The SMILES string of the molecule is CC1CCCCN1CC1CCCN(CC(=O)O)C1. The Morgan fingerprint density at radius 2 is 2.06 bits per heavy atom. The monoisotopic (exact) mass is 254 g/mol. The Hall–Kier alpha value is -0.610. The highest BCUT2D eigenvalue weighted by molar-refractivity contribution is 5.69. The summed E-state index contributed by atoms with van der Waals surface area (Å²) in [6, 6.07) is 0.716. The Balaban J connectivity index is 1.79. The Kier molecular flexibility index (Phi) is 5.01. The molecule has 0 aromatic carbocycles. The third-order valence-electron chi connectivity index (χ3n) is 4.40. The number of rotatable bonds is 4. The molecule has 0 amide bonds. The molecule has 2 atom stereocenters. The van der Waals surface area contributed by atoms with E-state index in [2.05, 4.69) is 16.7 Å². The van der Waals surface area contributed by atoms with Crippen molar-refractivity contribution in [3.63, 3.8) is 0 Å². The Labute approximate surface area is 110 Å². The highest BCUT2D eigenvalue weighted by Gasteiger charge is 2.26. The molecule has 4 nitrogen and oxygen atoms in total. The molecular formula is C14H26N2O2. The predicted molar refractivity (Wildman–Crippen MR) is 71.7 cm³/mol. The number of carboxylic acid groups (broad SMARTS) is 1. The number of hydrogen-bond donors (Lipinski definition) is 1. The first-order chi connectivity index (χ1) is 8.65. The van der Waals surface area contributed by atoms with Gasteiger partial charge < -0.3 is 10.0 Å². The fourth-order valence-electron chi connectivity index (χ4n) is 3.40. The minimum absolute atomic E-state index is 0.214. The molecule has 2 aliphatic rings. The normalized spacial score (nSPS) is 31.4. The Bertz CT molecular complexity index is 283. The van der Waals surface area contributed by atoms with E-state index in [1.54, 1.807) is 0 Å². The van der Waals surface area contributed by atoms with Crippen LogP contribution in [0.1, 0.15) is 39.0 Å². The molecule has 0 saturated carbocycles. The van der Waals surface area contributed by atoms with E-state index in [0.717, 1.165) is 26.1 Å². The van der Waals surface area contributed by atoms with Crippen LogP contribution >= 0.6 is 0 Å². The number of aliphatic carboxylic acids is 1. The zero-order valence-electron chi connectivity index (χ0n) is 11.5. The summed E-state index contributed by atoms with van der Waals surface area (Å²) >= 11 is 0. The Morgan fingerprint density at radius 3 is 2.78 bits per heavy atom. The van der Waals surface area contributed by atoms with E-state index >= 15 is 0 Å². The van der Waals surface area contributed by atoms with E-state index in [4.69, 9.17) is 5.11 Å². The summed E-state index contributed by atoms with van der Waals surface area (Å²) in [5, 5.41) is 8.86. The molecule has 0 aromatic rings. The van der Waals surface area contributed by atoms with Gasteiger partial charge in [-0.2, -0.15) is 0 Å². The summed E-state index contributed by atoms with van der Waals surface area (Å²) in [6.07, 6.45) is 6.44. The topological polar surface area (TPSA) is 43.8 Å². The average molecular weight is 254 g/mol. The molecule has 0 aliphatic carbocycles. The number of nitrogens with zero attached hydrogens (tertiary/aromatic N) is 2. The molecule has 18 heavy (non-hydrogen) atoms. The van der Waals surface area contributed by atoms with Gasteiger partial charge in [0.2, 0.25) is 0 Å². The summed E-state index contributed by atoms with van der Waals surface area (Å²) in [5.74, 6) is -0.0272. The van der Waals surface area contributed by atoms with Crippen molar-refractivity contribution in [2.24, 2.45) is 5.92 Å². The summed E-state index contributed by atoms with van der Waals surface area (Å²) < 4.78 is 0. The average Bonchev–Trinajstić information content (AvgIpc) is 2.32. The van der Waals surface area contributed by atoms with Crippen LogP contribution in [0.3, 0.4) is 0 Å². The third-order valence-corrected chi connectivity index (χ3v) is 4.40. The van der Waals surface area contributed by atoms with Crippen LogP contribution in [0.25, 0.3) is 0 Å². The van der Waals surface area contributed by atoms with Gasteiger partial charge in [-0.15, -0.1) is 0 Å². The van der Waals surface area contributed by atoms with Gasteiger partial charge in [-0.1, -0.05) is 6.42 Å². The van der Waals surface area contributed by atoms with E-state index < -0.39 is 5.97 Å². The molecule has 0 radical (unpaired) electrons. The van der Waals surface area contributed by atoms with Crippen molar-refractivity contribution in [1.29, 1.82) is 0 Å². The fourth-order valence-corrected chi connectivity index (χ4v) is 3.40. The van der Waals surface area contributed by atoms with Gasteiger partial charge >= 0.3 is 5.97 Å². The quantitative estimate of drug-likeness (QED) is 0.828. The fraction of sp³-hybridized carbons (Fsp3) is 0.929. The van der Waals surface area contributed by atoms with Gasteiger partial charge in [-0.05, 0) is 51.6 Å². The van der Waals surface area contributed by atoms with Crippen molar-refractivity contribution in [3.05, 3.63) is 0 Å². The lowest BCUT2D eigenvalue weighted by Crippen LogP contribution is -2.46. The van der Waals surface area contributed by atoms with Crippen molar-refractivity contribution in [2.45, 2.75) is 45.1 Å². The van der Waals surface area contributed by atoms with Crippen molar-refractivity contribution >= 4 is 5.97 Å². The highest BCUT2D eigenvalue weighted by atomic mass is 16.4. The van der Waals surface area contributed by atoms with Crippen LogP contribution in [0.5, 0.6) is 0 Å². The number of hydrogen-bond acceptors (Lipinski definition) is 3. The van der Waals surface area contributed by atoms with Crippen LogP contribution in [-0.2, 0) is 4.79 Å². The van der Waals surface area contributed by atoms with Crippen LogP contribution < -0.4 is 0 Å². The molecule has 2 fully saturated rings. The van der Waals surface area contributed by atoms with Crippen molar-refractivity contribution in [3.8, 4) is 0 Å². The van der Waals surface area contributed by atoms with Crippen LogP contribution in [0, 0.1) is 5.92 Å². The Morgan fingerprint density at radius 1 is 1.22 bits per heavy atom. The maximum atomic E-state index is 10.8. The zero-order chi connectivity index (χ0) is 13.0. The van der Waals surface area contributed by atoms with Gasteiger partial charge in [0.1, 0.15) is 0 Å². The van der Waals surface area contributed by atoms with Crippen LogP contribution in [0.2, 0.25) is 0 Å². The molecule has 2 aliphatic heterocycles. The lowest BCUT2D eigenvalue weighted by molar-refractivity contribution is -0.138. The van der Waals surface area contributed by atoms with Crippen LogP contribution in [0.15, 0.2) is 0 Å². The van der Waals surface area contributed by atoms with Gasteiger partial charge in [-0.3, -0.25) is 9.69 Å². The molecule has 0 spiro atoms. The maximum absolute atomic E-state index is 10.8. The first-order valence-electron chi connectivity index (χ1n) is 7.33. The molecule has 1 N–H and O–H groups in total.